The van der Waals surface area contributed by atoms with Crippen molar-refractivity contribution in [3.63, 3.8) is 0 Å². The third-order valence-corrected chi connectivity index (χ3v) is 2.90. The molecule has 0 aromatic heterocycles. The number of benzene rings is 1. The zero-order valence-electron chi connectivity index (χ0n) is 10.7. The lowest BCUT2D eigenvalue weighted by molar-refractivity contribution is -0.0505. The maximum Gasteiger partial charge on any atom is 0.387 e. The quantitative estimate of drug-likeness (QED) is 0.774. The summed E-state index contributed by atoms with van der Waals surface area (Å²) in [6.45, 7) is 0.352. The Kier molecular flexibility index (Phi) is 7.05. The van der Waals surface area contributed by atoms with Gasteiger partial charge in [-0.3, -0.25) is 0 Å². The van der Waals surface area contributed by atoms with Crippen LogP contribution in [0.25, 0.3) is 0 Å². The van der Waals surface area contributed by atoms with Crippen molar-refractivity contribution < 1.29 is 18.6 Å². The van der Waals surface area contributed by atoms with Gasteiger partial charge < -0.3 is 15.2 Å². The van der Waals surface area contributed by atoms with Crippen molar-refractivity contribution in [2.75, 3.05) is 13.2 Å². The van der Waals surface area contributed by atoms with Crippen LogP contribution in [0.15, 0.2) is 18.2 Å². The van der Waals surface area contributed by atoms with Crippen molar-refractivity contribution in [3.8, 4) is 5.75 Å². The highest BCUT2D eigenvalue weighted by molar-refractivity contribution is 6.30. The summed E-state index contributed by atoms with van der Waals surface area (Å²) in [6.07, 6.45) is 0.697. The molecular formula is C13H18ClF2NO2. The second kappa shape index (κ2) is 8.30. The van der Waals surface area contributed by atoms with Gasteiger partial charge in [0.1, 0.15) is 5.75 Å². The molecule has 108 valence electrons. The van der Waals surface area contributed by atoms with E-state index in [1.54, 1.807) is 6.07 Å². The second-order valence-electron chi connectivity index (χ2n) is 4.38. The van der Waals surface area contributed by atoms with Gasteiger partial charge in [-0.15, -0.1) is 0 Å². The van der Waals surface area contributed by atoms with Gasteiger partial charge >= 0.3 is 6.61 Å². The van der Waals surface area contributed by atoms with E-state index >= 15 is 0 Å². The minimum absolute atomic E-state index is 0.127. The molecule has 0 heterocycles. The Morgan fingerprint density at radius 3 is 2.79 bits per heavy atom. The minimum Gasteiger partial charge on any atom is -0.434 e. The van der Waals surface area contributed by atoms with Crippen LogP contribution in [0.5, 0.6) is 5.75 Å². The van der Waals surface area contributed by atoms with Crippen molar-refractivity contribution in [3.05, 3.63) is 28.8 Å². The Labute approximate surface area is 116 Å². The highest BCUT2D eigenvalue weighted by Crippen LogP contribution is 2.24. The molecule has 0 aliphatic heterocycles. The molecule has 0 radical (unpaired) electrons. The summed E-state index contributed by atoms with van der Waals surface area (Å²) < 4.78 is 28.9. The normalized spacial score (nSPS) is 12.7. The summed E-state index contributed by atoms with van der Waals surface area (Å²) >= 11 is 5.84. The smallest absolute Gasteiger partial charge is 0.387 e. The first-order valence-corrected chi connectivity index (χ1v) is 6.45. The lowest BCUT2D eigenvalue weighted by atomic mass is 10.1. The molecule has 0 aliphatic rings. The van der Waals surface area contributed by atoms with Gasteiger partial charge in [0.2, 0.25) is 0 Å². The van der Waals surface area contributed by atoms with E-state index in [1.165, 1.54) is 12.1 Å². The summed E-state index contributed by atoms with van der Waals surface area (Å²) in [7, 11) is 0. The number of halogens is 3. The van der Waals surface area contributed by atoms with Crippen LogP contribution in [0.3, 0.4) is 0 Å². The molecule has 3 nitrogen and oxygen atoms in total. The number of nitrogens with one attached hydrogen (secondary N) is 1. The zero-order chi connectivity index (χ0) is 14.3. The Bertz CT molecular complexity index is 391. The molecular weight excluding hydrogens is 276 g/mol. The Balaban J connectivity index is 2.57. The topological polar surface area (TPSA) is 41.5 Å². The molecule has 2 N–H and O–H groups in total. The molecule has 0 saturated heterocycles. The molecule has 1 aromatic rings. The maximum atomic E-state index is 12.2. The maximum absolute atomic E-state index is 12.2. The van der Waals surface area contributed by atoms with Gasteiger partial charge in [0.15, 0.2) is 0 Å². The fraction of sp³-hybridized carbons (Fsp3) is 0.538. The average Bonchev–Trinajstić information content (AvgIpc) is 2.32. The molecule has 1 rings (SSSR count). The molecule has 19 heavy (non-hydrogen) atoms. The predicted octanol–water partition coefficient (Wildman–Crippen LogP) is 3.05. The van der Waals surface area contributed by atoms with E-state index in [-0.39, 0.29) is 12.4 Å². The van der Waals surface area contributed by atoms with Gasteiger partial charge in [-0.1, -0.05) is 18.5 Å². The standard InChI is InChI=1S/C13H18ClF2NO2/c1-9(4-5-18)7-17-8-10-6-11(14)2-3-12(10)19-13(15)16/h2-3,6,9,13,17-18H,4-5,7-8H2,1H3. The predicted molar refractivity (Wildman–Crippen MR) is 70.7 cm³/mol. The van der Waals surface area contributed by atoms with E-state index in [9.17, 15) is 8.78 Å². The summed E-state index contributed by atoms with van der Waals surface area (Å²) in [5.74, 6) is 0.436. The number of aliphatic hydroxyl groups is 1. The van der Waals surface area contributed by atoms with Crippen molar-refractivity contribution in [1.29, 1.82) is 0 Å². The third kappa shape index (κ3) is 6.18. The van der Waals surface area contributed by atoms with E-state index in [4.69, 9.17) is 16.7 Å². The van der Waals surface area contributed by atoms with Gasteiger partial charge in [-0.2, -0.15) is 8.78 Å². The highest BCUT2D eigenvalue weighted by atomic mass is 35.5. The summed E-state index contributed by atoms with van der Waals surface area (Å²) in [5.41, 5.74) is 0.587. The van der Waals surface area contributed by atoms with Crippen LogP contribution in [0.1, 0.15) is 18.9 Å². The first-order chi connectivity index (χ1) is 9.02. The molecule has 0 fully saturated rings. The first-order valence-electron chi connectivity index (χ1n) is 6.07. The van der Waals surface area contributed by atoms with Gasteiger partial charge in [-0.05, 0) is 37.1 Å². The fourth-order valence-electron chi connectivity index (χ4n) is 1.67. The van der Waals surface area contributed by atoms with E-state index < -0.39 is 6.61 Å². The molecule has 1 aromatic carbocycles. The summed E-state index contributed by atoms with van der Waals surface area (Å²) in [6, 6.07) is 4.54. The van der Waals surface area contributed by atoms with E-state index in [0.29, 0.717) is 36.0 Å². The van der Waals surface area contributed by atoms with Crippen molar-refractivity contribution in [2.45, 2.75) is 26.5 Å². The second-order valence-corrected chi connectivity index (χ2v) is 4.82. The van der Waals surface area contributed by atoms with Crippen LogP contribution in [0.2, 0.25) is 5.02 Å². The van der Waals surface area contributed by atoms with Crippen LogP contribution in [0, 0.1) is 5.92 Å². The van der Waals surface area contributed by atoms with E-state index in [2.05, 4.69) is 10.1 Å². The summed E-state index contributed by atoms with van der Waals surface area (Å²) in [5, 5.41) is 12.4. The lowest BCUT2D eigenvalue weighted by Crippen LogP contribution is -2.22. The van der Waals surface area contributed by atoms with Crippen LogP contribution in [-0.2, 0) is 6.54 Å². The van der Waals surface area contributed by atoms with E-state index in [0.717, 1.165) is 0 Å². The number of alkyl halides is 2. The molecule has 0 amide bonds. The van der Waals surface area contributed by atoms with Gasteiger partial charge in [0, 0.05) is 23.7 Å². The molecule has 0 saturated carbocycles. The molecule has 1 atom stereocenters. The first kappa shape index (κ1) is 16.1. The highest BCUT2D eigenvalue weighted by Gasteiger charge is 2.10. The Hall–Kier alpha value is -0.910. The number of rotatable bonds is 8. The van der Waals surface area contributed by atoms with E-state index in [1.807, 2.05) is 6.92 Å². The van der Waals surface area contributed by atoms with Crippen LogP contribution in [0.4, 0.5) is 8.78 Å². The molecule has 1 unspecified atom stereocenters. The Morgan fingerprint density at radius 2 is 2.16 bits per heavy atom. The number of hydrogen-bond acceptors (Lipinski definition) is 3. The Morgan fingerprint density at radius 1 is 1.42 bits per heavy atom. The molecule has 0 spiro atoms. The van der Waals surface area contributed by atoms with Crippen LogP contribution < -0.4 is 10.1 Å². The minimum atomic E-state index is -2.85. The van der Waals surface area contributed by atoms with Crippen LogP contribution in [-0.4, -0.2) is 24.9 Å². The molecule has 0 bridgehead atoms. The lowest BCUT2D eigenvalue weighted by Gasteiger charge is -2.14. The SMILES string of the molecule is CC(CCO)CNCc1cc(Cl)ccc1OC(F)F. The number of aliphatic hydroxyl groups excluding tert-OH is 1. The largest absolute Gasteiger partial charge is 0.434 e. The summed E-state index contributed by atoms with van der Waals surface area (Å²) in [4.78, 5) is 0. The van der Waals surface area contributed by atoms with Crippen molar-refractivity contribution in [1.82, 2.24) is 5.32 Å². The van der Waals surface area contributed by atoms with Gasteiger partial charge in [-0.25, -0.2) is 0 Å². The van der Waals surface area contributed by atoms with Crippen molar-refractivity contribution >= 4 is 11.6 Å². The molecule has 0 aliphatic carbocycles. The van der Waals surface area contributed by atoms with Crippen LogP contribution >= 0.6 is 11.6 Å². The van der Waals surface area contributed by atoms with Gasteiger partial charge in [0.25, 0.3) is 0 Å². The van der Waals surface area contributed by atoms with Gasteiger partial charge in [0.05, 0.1) is 0 Å². The number of hydrogen-bond donors (Lipinski definition) is 2. The molecule has 6 heteroatoms. The zero-order valence-corrected chi connectivity index (χ0v) is 11.5. The van der Waals surface area contributed by atoms with Crippen molar-refractivity contribution in [2.24, 2.45) is 5.92 Å². The third-order valence-electron chi connectivity index (χ3n) is 2.67. The number of ether oxygens (including phenoxy) is 1. The fourth-order valence-corrected chi connectivity index (χ4v) is 1.87. The monoisotopic (exact) mass is 293 g/mol. The average molecular weight is 294 g/mol.